The highest BCUT2D eigenvalue weighted by Gasteiger charge is 2.21. The topological polar surface area (TPSA) is 43.7 Å². The van der Waals surface area contributed by atoms with E-state index in [4.69, 9.17) is 0 Å². The molecule has 0 atom stereocenters. The average Bonchev–Trinajstić information content (AvgIpc) is 2.36. The van der Waals surface area contributed by atoms with Gasteiger partial charge in [-0.15, -0.1) is 0 Å². The van der Waals surface area contributed by atoms with Crippen molar-refractivity contribution in [1.29, 1.82) is 0 Å². The molecule has 0 bridgehead atoms. The van der Waals surface area contributed by atoms with Gasteiger partial charge in [-0.05, 0) is 34.1 Å². The minimum Gasteiger partial charge on any atom is -0.395 e. The van der Waals surface area contributed by atoms with Gasteiger partial charge in [-0.3, -0.25) is 0 Å². The lowest BCUT2D eigenvalue weighted by atomic mass is 9.80. The summed E-state index contributed by atoms with van der Waals surface area (Å²) in [4.78, 5) is 2.05. The fourth-order valence-corrected chi connectivity index (χ4v) is 2.27. The van der Waals surface area contributed by atoms with Crippen molar-refractivity contribution in [3.8, 4) is 0 Å². The maximum atomic E-state index is 9.26. The Morgan fingerprint density at radius 1 is 0.762 bits per heavy atom. The fraction of sp³-hybridized carbons (Fsp3) is 0.667. The van der Waals surface area contributed by atoms with Gasteiger partial charge >= 0.3 is 0 Å². The van der Waals surface area contributed by atoms with Gasteiger partial charge in [0.15, 0.2) is 0 Å². The lowest BCUT2D eigenvalue weighted by molar-refractivity contribution is 0.281. The Labute approximate surface area is 129 Å². The van der Waals surface area contributed by atoms with Crippen LogP contribution < -0.4 is 4.90 Å². The third-order valence-electron chi connectivity index (χ3n) is 3.75. The van der Waals surface area contributed by atoms with Crippen LogP contribution in [0.25, 0.3) is 0 Å². The lowest BCUT2D eigenvalue weighted by Crippen LogP contribution is -2.30. The molecule has 0 saturated heterocycles. The summed E-state index contributed by atoms with van der Waals surface area (Å²) >= 11 is 0. The van der Waals surface area contributed by atoms with Gasteiger partial charge in [0, 0.05) is 18.8 Å². The summed E-state index contributed by atoms with van der Waals surface area (Å²) in [7, 11) is 0. The minimum atomic E-state index is 0.0696. The number of aliphatic hydroxyl groups excluding tert-OH is 2. The molecule has 1 aromatic carbocycles. The van der Waals surface area contributed by atoms with E-state index in [-0.39, 0.29) is 24.0 Å². The molecule has 21 heavy (non-hydrogen) atoms. The zero-order valence-corrected chi connectivity index (χ0v) is 14.4. The Hall–Kier alpha value is -1.06. The number of anilines is 1. The largest absolute Gasteiger partial charge is 0.395 e. The summed E-state index contributed by atoms with van der Waals surface area (Å²) in [6.07, 6.45) is 0. The summed E-state index contributed by atoms with van der Waals surface area (Å²) in [6, 6.07) is 6.64. The maximum Gasteiger partial charge on any atom is 0.0606 e. The molecule has 2 N–H and O–H groups in total. The van der Waals surface area contributed by atoms with Crippen LogP contribution in [0.4, 0.5) is 5.69 Å². The fourth-order valence-electron chi connectivity index (χ4n) is 2.27. The zero-order valence-electron chi connectivity index (χ0n) is 14.4. The summed E-state index contributed by atoms with van der Waals surface area (Å²) in [5, 5.41) is 18.5. The van der Waals surface area contributed by atoms with Gasteiger partial charge in [-0.2, -0.15) is 0 Å². The van der Waals surface area contributed by atoms with Gasteiger partial charge in [0.05, 0.1) is 13.2 Å². The molecule has 0 unspecified atom stereocenters. The van der Waals surface area contributed by atoms with Crippen LogP contribution in [0.3, 0.4) is 0 Å². The smallest absolute Gasteiger partial charge is 0.0606 e. The Balaban J connectivity index is 3.36. The van der Waals surface area contributed by atoms with Crippen molar-refractivity contribution in [3.63, 3.8) is 0 Å². The second kappa shape index (κ2) is 6.80. The van der Waals surface area contributed by atoms with Crippen LogP contribution in [0, 0.1) is 0 Å². The van der Waals surface area contributed by atoms with Gasteiger partial charge < -0.3 is 15.1 Å². The van der Waals surface area contributed by atoms with E-state index in [9.17, 15) is 10.2 Å². The second-order valence-electron chi connectivity index (χ2n) is 7.70. The molecular weight excluding hydrogens is 262 g/mol. The number of rotatable bonds is 5. The van der Waals surface area contributed by atoms with Crippen LogP contribution in [0.1, 0.15) is 52.7 Å². The van der Waals surface area contributed by atoms with Crippen LogP contribution in [-0.4, -0.2) is 36.5 Å². The molecule has 0 spiro atoms. The lowest BCUT2D eigenvalue weighted by Gasteiger charge is -2.30. The SMILES string of the molecule is CC(C)(C)c1cc(N(CCO)CCO)cc(C(C)(C)C)c1. The van der Waals surface area contributed by atoms with E-state index >= 15 is 0 Å². The summed E-state index contributed by atoms with van der Waals surface area (Å²) < 4.78 is 0. The predicted octanol–water partition coefficient (Wildman–Crippen LogP) is 3.07. The Morgan fingerprint density at radius 3 is 1.43 bits per heavy atom. The molecule has 0 aliphatic carbocycles. The number of benzene rings is 1. The molecule has 1 rings (SSSR count). The van der Waals surface area contributed by atoms with E-state index in [2.05, 4.69) is 59.7 Å². The van der Waals surface area contributed by atoms with Gasteiger partial charge in [-0.1, -0.05) is 47.6 Å². The quantitative estimate of drug-likeness (QED) is 0.877. The van der Waals surface area contributed by atoms with Crippen LogP contribution in [0.15, 0.2) is 18.2 Å². The molecule has 0 aromatic heterocycles. The minimum absolute atomic E-state index is 0.0696. The number of hydrogen-bond acceptors (Lipinski definition) is 3. The molecule has 0 amide bonds. The molecule has 0 aliphatic heterocycles. The highest BCUT2D eigenvalue weighted by molar-refractivity contribution is 5.54. The Morgan fingerprint density at radius 2 is 1.14 bits per heavy atom. The maximum absolute atomic E-state index is 9.26. The van der Waals surface area contributed by atoms with E-state index in [0.29, 0.717) is 13.1 Å². The molecule has 0 radical (unpaired) electrons. The van der Waals surface area contributed by atoms with Gasteiger partial charge in [0.25, 0.3) is 0 Å². The average molecular weight is 293 g/mol. The first-order valence-corrected chi connectivity index (χ1v) is 7.72. The van der Waals surface area contributed by atoms with Gasteiger partial charge in [0.1, 0.15) is 0 Å². The summed E-state index contributed by atoms with van der Waals surface area (Å²) in [6.45, 7) is 14.5. The van der Waals surface area contributed by atoms with Crippen molar-refractivity contribution in [2.24, 2.45) is 0 Å². The van der Waals surface area contributed by atoms with Crippen molar-refractivity contribution in [2.75, 3.05) is 31.2 Å². The number of nitrogens with zero attached hydrogens (tertiary/aromatic N) is 1. The molecule has 0 saturated carbocycles. The normalized spacial score (nSPS) is 12.6. The van der Waals surface area contributed by atoms with E-state index < -0.39 is 0 Å². The van der Waals surface area contributed by atoms with Gasteiger partial charge in [0.2, 0.25) is 0 Å². The van der Waals surface area contributed by atoms with Crippen molar-refractivity contribution >= 4 is 5.69 Å². The van der Waals surface area contributed by atoms with Crippen molar-refractivity contribution in [2.45, 2.75) is 52.4 Å². The van der Waals surface area contributed by atoms with Crippen molar-refractivity contribution in [1.82, 2.24) is 0 Å². The molecular formula is C18H31NO2. The third-order valence-corrected chi connectivity index (χ3v) is 3.75. The molecule has 0 fully saturated rings. The number of hydrogen-bond donors (Lipinski definition) is 2. The summed E-state index contributed by atoms with van der Waals surface area (Å²) in [5.41, 5.74) is 3.78. The van der Waals surface area contributed by atoms with Gasteiger partial charge in [-0.25, -0.2) is 0 Å². The first-order valence-electron chi connectivity index (χ1n) is 7.72. The zero-order chi connectivity index (χ0) is 16.3. The van der Waals surface area contributed by atoms with Crippen molar-refractivity contribution < 1.29 is 10.2 Å². The molecule has 1 aromatic rings. The third kappa shape index (κ3) is 5.01. The van der Waals surface area contributed by atoms with E-state index in [0.717, 1.165) is 5.69 Å². The van der Waals surface area contributed by atoms with Crippen LogP contribution in [0.2, 0.25) is 0 Å². The van der Waals surface area contributed by atoms with Crippen LogP contribution in [-0.2, 0) is 10.8 Å². The van der Waals surface area contributed by atoms with Crippen LogP contribution >= 0.6 is 0 Å². The predicted molar refractivity (Wildman–Crippen MR) is 90.2 cm³/mol. The standard InChI is InChI=1S/C18H31NO2/c1-17(2,3)14-11-15(18(4,5)6)13-16(12-14)19(7-9-20)8-10-21/h11-13,20-21H,7-10H2,1-6H3. The Bertz CT molecular complexity index is 417. The molecule has 120 valence electrons. The number of aliphatic hydroxyl groups is 2. The molecule has 3 nitrogen and oxygen atoms in total. The second-order valence-corrected chi connectivity index (χ2v) is 7.70. The first-order chi connectivity index (χ1) is 9.59. The first kappa shape index (κ1) is 18.0. The molecule has 3 heteroatoms. The molecule has 0 aliphatic rings. The van der Waals surface area contributed by atoms with Crippen LogP contribution in [0.5, 0.6) is 0 Å². The highest BCUT2D eigenvalue weighted by atomic mass is 16.3. The van der Waals surface area contributed by atoms with E-state index in [1.54, 1.807) is 0 Å². The summed E-state index contributed by atoms with van der Waals surface area (Å²) in [5.74, 6) is 0. The monoisotopic (exact) mass is 293 g/mol. The van der Waals surface area contributed by atoms with E-state index in [1.165, 1.54) is 11.1 Å². The molecule has 0 heterocycles. The van der Waals surface area contributed by atoms with Crippen molar-refractivity contribution in [3.05, 3.63) is 29.3 Å². The van der Waals surface area contributed by atoms with E-state index in [1.807, 2.05) is 4.90 Å². The highest BCUT2D eigenvalue weighted by Crippen LogP contribution is 2.33. The Kier molecular flexibility index (Phi) is 5.83.